The Kier molecular flexibility index (Phi) is 2.35. The van der Waals surface area contributed by atoms with Crippen LogP contribution in [0.5, 0.6) is 0 Å². The fraction of sp³-hybridized carbons (Fsp3) is 0.333. The summed E-state index contributed by atoms with van der Waals surface area (Å²) in [7, 11) is -6.55. The minimum atomic E-state index is -3.45. The highest BCUT2D eigenvalue weighted by Gasteiger charge is 2.43. The molecule has 6 heteroatoms. The third-order valence-electron chi connectivity index (χ3n) is 2.39. The third kappa shape index (κ3) is 1.91. The van der Waals surface area contributed by atoms with Crippen LogP contribution in [-0.2, 0) is 19.7 Å². The zero-order valence-electron chi connectivity index (χ0n) is 7.83. The summed E-state index contributed by atoms with van der Waals surface area (Å²) >= 11 is 0. The van der Waals surface area contributed by atoms with Gasteiger partial charge in [0.2, 0.25) is 0 Å². The van der Waals surface area contributed by atoms with Gasteiger partial charge in [-0.15, -0.1) is 0 Å². The topological polar surface area (TPSA) is 68.3 Å². The second-order valence-electron chi connectivity index (χ2n) is 3.56. The van der Waals surface area contributed by atoms with Crippen LogP contribution in [0.25, 0.3) is 0 Å². The predicted octanol–water partition coefficient (Wildman–Crippen LogP) is 0.257. The Morgan fingerprint density at radius 3 is 2.07 bits per heavy atom. The summed E-state index contributed by atoms with van der Waals surface area (Å²) in [6.07, 6.45) is 0. The van der Waals surface area contributed by atoms with E-state index in [1.807, 2.05) is 0 Å². The Morgan fingerprint density at radius 2 is 1.60 bits per heavy atom. The van der Waals surface area contributed by atoms with Crippen LogP contribution in [0, 0.1) is 0 Å². The highest BCUT2D eigenvalue weighted by atomic mass is 32.2. The van der Waals surface area contributed by atoms with Gasteiger partial charge in [0.25, 0.3) is 0 Å². The van der Waals surface area contributed by atoms with Gasteiger partial charge in [-0.05, 0) is 12.1 Å². The molecule has 0 unspecified atom stereocenters. The molecule has 1 aliphatic rings. The summed E-state index contributed by atoms with van der Waals surface area (Å²) in [5.74, 6) is -0.492. The smallest absolute Gasteiger partial charge is 0.183 e. The van der Waals surface area contributed by atoms with Crippen molar-refractivity contribution >= 4 is 19.7 Å². The van der Waals surface area contributed by atoms with Crippen molar-refractivity contribution in [1.82, 2.24) is 0 Å². The normalized spacial score (nSPS) is 20.8. The van der Waals surface area contributed by atoms with E-state index in [0.29, 0.717) is 0 Å². The van der Waals surface area contributed by atoms with Gasteiger partial charge in [-0.1, -0.05) is 18.2 Å². The summed E-state index contributed by atoms with van der Waals surface area (Å²) in [5, 5.41) is -0.759. The molecule has 0 atom stereocenters. The summed E-state index contributed by atoms with van der Waals surface area (Å²) in [5.41, 5.74) is 0. The highest BCUT2D eigenvalue weighted by Crippen LogP contribution is 2.24. The van der Waals surface area contributed by atoms with E-state index in [4.69, 9.17) is 0 Å². The van der Waals surface area contributed by atoms with Gasteiger partial charge in [0.05, 0.1) is 21.7 Å². The first kappa shape index (κ1) is 10.6. The average molecular weight is 246 g/mol. The second kappa shape index (κ2) is 3.31. The van der Waals surface area contributed by atoms with E-state index in [2.05, 4.69) is 0 Å². The lowest BCUT2D eigenvalue weighted by Gasteiger charge is -2.25. The van der Waals surface area contributed by atoms with E-state index in [0.717, 1.165) is 0 Å². The van der Waals surface area contributed by atoms with E-state index < -0.39 is 24.9 Å². The van der Waals surface area contributed by atoms with E-state index in [1.165, 1.54) is 12.1 Å². The molecule has 2 rings (SSSR count). The van der Waals surface area contributed by atoms with E-state index >= 15 is 0 Å². The highest BCUT2D eigenvalue weighted by molar-refractivity contribution is 7.99. The first-order chi connectivity index (χ1) is 6.92. The van der Waals surface area contributed by atoms with Crippen LogP contribution in [0.1, 0.15) is 0 Å². The molecule has 0 aliphatic carbocycles. The fourth-order valence-electron chi connectivity index (χ4n) is 1.50. The van der Waals surface area contributed by atoms with Crippen LogP contribution in [0.2, 0.25) is 0 Å². The second-order valence-corrected chi connectivity index (χ2v) is 7.94. The third-order valence-corrected chi connectivity index (χ3v) is 6.77. The molecule has 0 radical (unpaired) electrons. The summed E-state index contributed by atoms with van der Waals surface area (Å²) < 4.78 is 45.5. The monoisotopic (exact) mass is 246 g/mol. The molecule has 1 aromatic rings. The van der Waals surface area contributed by atoms with Crippen molar-refractivity contribution in [3.8, 4) is 0 Å². The quantitative estimate of drug-likeness (QED) is 0.750. The average Bonchev–Trinajstić information content (AvgIpc) is 2.15. The van der Waals surface area contributed by atoms with Crippen LogP contribution in [0.3, 0.4) is 0 Å². The molecule has 82 valence electrons. The molecule has 4 nitrogen and oxygen atoms in total. The standard InChI is InChI=1S/C9H10O4S2/c10-14(11)6-9(7-14)15(12,13)8-4-2-1-3-5-8/h1-5,9H,6-7H2. The lowest BCUT2D eigenvalue weighted by molar-refractivity contribution is 0.559. The van der Waals surface area contributed by atoms with Gasteiger partial charge >= 0.3 is 0 Å². The molecule has 15 heavy (non-hydrogen) atoms. The van der Waals surface area contributed by atoms with E-state index in [1.54, 1.807) is 18.2 Å². The minimum absolute atomic E-state index is 0.199. The molecule has 0 N–H and O–H groups in total. The Balaban J connectivity index is 2.31. The number of sulfone groups is 2. The molecule has 0 bridgehead atoms. The Morgan fingerprint density at radius 1 is 1.07 bits per heavy atom. The van der Waals surface area contributed by atoms with Crippen LogP contribution in [-0.4, -0.2) is 33.6 Å². The van der Waals surface area contributed by atoms with Gasteiger partial charge in [0.15, 0.2) is 19.7 Å². The van der Waals surface area contributed by atoms with Crippen LogP contribution < -0.4 is 0 Å². The van der Waals surface area contributed by atoms with E-state index in [9.17, 15) is 16.8 Å². The SMILES string of the molecule is O=S1(=O)CC(S(=O)(=O)c2ccccc2)C1. The van der Waals surface area contributed by atoms with Crippen LogP contribution in [0.4, 0.5) is 0 Å². The first-order valence-electron chi connectivity index (χ1n) is 4.41. The van der Waals surface area contributed by atoms with Crippen molar-refractivity contribution in [2.75, 3.05) is 11.5 Å². The maximum absolute atomic E-state index is 11.8. The van der Waals surface area contributed by atoms with Crippen molar-refractivity contribution in [3.63, 3.8) is 0 Å². The van der Waals surface area contributed by atoms with Gasteiger partial charge in [-0.2, -0.15) is 0 Å². The summed E-state index contributed by atoms with van der Waals surface area (Å²) in [6.45, 7) is 0. The zero-order valence-corrected chi connectivity index (χ0v) is 9.46. The van der Waals surface area contributed by atoms with Crippen molar-refractivity contribution in [2.24, 2.45) is 0 Å². The van der Waals surface area contributed by atoms with Gasteiger partial charge in [0, 0.05) is 0 Å². The molecular formula is C9H10O4S2. The number of rotatable bonds is 2. The maximum atomic E-state index is 11.8. The van der Waals surface area contributed by atoms with Crippen molar-refractivity contribution in [3.05, 3.63) is 30.3 Å². The summed E-state index contributed by atoms with van der Waals surface area (Å²) in [4.78, 5) is 0.199. The largest absolute Gasteiger partial charge is 0.229 e. The molecule has 0 spiro atoms. The molecule has 1 saturated heterocycles. The van der Waals surface area contributed by atoms with Crippen LogP contribution in [0.15, 0.2) is 35.2 Å². The van der Waals surface area contributed by atoms with Crippen molar-refractivity contribution < 1.29 is 16.8 Å². The molecule has 0 saturated carbocycles. The number of benzene rings is 1. The van der Waals surface area contributed by atoms with Gasteiger partial charge in [0.1, 0.15) is 0 Å². The zero-order chi connectivity index (χ0) is 11.1. The van der Waals surface area contributed by atoms with E-state index in [-0.39, 0.29) is 16.4 Å². The Labute approximate surface area is 88.8 Å². The lowest BCUT2D eigenvalue weighted by Crippen LogP contribution is -2.46. The van der Waals surface area contributed by atoms with Crippen LogP contribution >= 0.6 is 0 Å². The van der Waals surface area contributed by atoms with Gasteiger partial charge < -0.3 is 0 Å². The Hall–Kier alpha value is -0.880. The van der Waals surface area contributed by atoms with Crippen molar-refractivity contribution in [2.45, 2.75) is 10.1 Å². The maximum Gasteiger partial charge on any atom is 0.183 e. The molecule has 1 aliphatic heterocycles. The number of hydrogen-bond acceptors (Lipinski definition) is 4. The molecule has 1 aromatic carbocycles. The van der Waals surface area contributed by atoms with Crippen molar-refractivity contribution in [1.29, 1.82) is 0 Å². The fourth-order valence-corrected chi connectivity index (χ4v) is 6.13. The molecule has 0 aromatic heterocycles. The molecular weight excluding hydrogens is 236 g/mol. The van der Waals surface area contributed by atoms with Gasteiger partial charge in [-0.25, -0.2) is 16.8 Å². The predicted molar refractivity (Wildman–Crippen MR) is 56.1 cm³/mol. The lowest BCUT2D eigenvalue weighted by atomic mass is 10.4. The Bertz CT molecular complexity index is 545. The number of hydrogen-bond donors (Lipinski definition) is 0. The van der Waals surface area contributed by atoms with Gasteiger partial charge in [-0.3, -0.25) is 0 Å². The molecule has 1 heterocycles. The molecule has 0 amide bonds. The molecule has 1 fully saturated rings. The first-order valence-corrected chi connectivity index (χ1v) is 7.78. The minimum Gasteiger partial charge on any atom is -0.229 e. The summed E-state index contributed by atoms with van der Waals surface area (Å²) in [6, 6.07) is 7.94.